The van der Waals surface area contributed by atoms with Gasteiger partial charge in [0.25, 0.3) is 0 Å². The second-order valence-electron chi connectivity index (χ2n) is 12.3. The average Bonchev–Trinajstić information content (AvgIpc) is 2.92. The molecule has 0 aliphatic heterocycles. The molecule has 0 aromatic rings. The van der Waals surface area contributed by atoms with Crippen molar-refractivity contribution in [3.8, 4) is 0 Å². The first kappa shape index (κ1) is 33.6. The predicted octanol–water partition coefficient (Wildman–Crippen LogP) is 10.6. The molecule has 0 aromatic heterocycles. The molecule has 2 nitrogen and oxygen atoms in total. The Morgan fingerprint density at radius 3 is 2.35 bits per heavy atom. The van der Waals surface area contributed by atoms with Gasteiger partial charge in [-0.05, 0) is 107 Å². The first-order chi connectivity index (χ1) is 18.9. The molecule has 0 radical (unpaired) electrons. The van der Waals surface area contributed by atoms with E-state index in [1.807, 2.05) is 32.1 Å². The minimum absolute atomic E-state index is 0.00695. The minimum Gasteiger partial charge on any atom is -0.512 e. The van der Waals surface area contributed by atoms with E-state index >= 15 is 0 Å². The highest BCUT2D eigenvalue weighted by Gasteiger charge is 2.29. The number of aliphatic hydroxyl groups excluding tert-OH is 2. The van der Waals surface area contributed by atoms with Gasteiger partial charge in [-0.3, -0.25) is 0 Å². The molecule has 4 unspecified atom stereocenters. The number of aliphatic hydroxyl groups is 2. The molecule has 0 spiro atoms. The van der Waals surface area contributed by atoms with Gasteiger partial charge in [0.1, 0.15) is 0 Å². The van der Waals surface area contributed by atoms with E-state index in [2.05, 4.69) is 85.6 Å². The van der Waals surface area contributed by atoms with Crippen molar-refractivity contribution in [1.82, 2.24) is 0 Å². The highest BCUT2D eigenvalue weighted by molar-refractivity contribution is 5.48. The summed E-state index contributed by atoms with van der Waals surface area (Å²) in [4.78, 5) is 0. The lowest BCUT2D eigenvalue weighted by molar-refractivity contribution is 0.123. The van der Waals surface area contributed by atoms with E-state index in [1.165, 1.54) is 33.4 Å². The molecule has 2 rings (SSSR count). The summed E-state index contributed by atoms with van der Waals surface area (Å²) in [7, 11) is 0. The molecular formula is C38H56O2. The molecule has 0 amide bonds. The van der Waals surface area contributed by atoms with E-state index in [1.54, 1.807) is 0 Å². The molecule has 2 aliphatic carbocycles. The lowest BCUT2D eigenvalue weighted by Crippen LogP contribution is -2.24. The SMILES string of the molecule is C=CC(C(=C)C[C@@H](C/C(C1=C(C)C=CC(CC)C1)=C(/C)C(C)C1=C(C)[C@H](C)CC=C1)[C@@H](C)O)C(/C=C\C)C(=C)O. The van der Waals surface area contributed by atoms with Gasteiger partial charge in [-0.15, -0.1) is 6.58 Å². The fourth-order valence-electron chi connectivity index (χ4n) is 6.37. The van der Waals surface area contributed by atoms with Crippen LogP contribution in [0.4, 0.5) is 0 Å². The van der Waals surface area contributed by atoms with Crippen LogP contribution in [0, 0.1) is 35.5 Å². The molecule has 0 aromatic carbocycles. The quantitative estimate of drug-likeness (QED) is 0.169. The molecule has 220 valence electrons. The van der Waals surface area contributed by atoms with E-state index in [4.69, 9.17) is 0 Å². The summed E-state index contributed by atoms with van der Waals surface area (Å²) in [5.41, 5.74) is 9.46. The van der Waals surface area contributed by atoms with Crippen LogP contribution >= 0.6 is 0 Å². The highest BCUT2D eigenvalue weighted by atomic mass is 16.3. The maximum absolute atomic E-state index is 11.1. The van der Waals surface area contributed by atoms with Crippen molar-refractivity contribution in [2.45, 2.75) is 93.6 Å². The third-order valence-electron chi connectivity index (χ3n) is 9.59. The van der Waals surface area contributed by atoms with E-state index < -0.39 is 6.10 Å². The van der Waals surface area contributed by atoms with Gasteiger partial charge in [0.15, 0.2) is 0 Å². The van der Waals surface area contributed by atoms with Crippen molar-refractivity contribution in [1.29, 1.82) is 0 Å². The smallest absolute Gasteiger partial charge is 0.0928 e. The van der Waals surface area contributed by atoms with Crippen LogP contribution in [0.25, 0.3) is 0 Å². The van der Waals surface area contributed by atoms with Crippen LogP contribution < -0.4 is 0 Å². The lowest BCUT2D eigenvalue weighted by Gasteiger charge is -2.32. The summed E-state index contributed by atoms with van der Waals surface area (Å²) in [5.74, 6) is 1.10. The van der Waals surface area contributed by atoms with Crippen molar-refractivity contribution in [2.75, 3.05) is 0 Å². The third kappa shape index (κ3) is 8.23. The standard InChI is InChI=1S/C38H56O2/c1-12-16-36(31(11)40)34(14-3)26(6)21-33(30(10)39)23-38(37-22-32(13-2)20-19-25(37)5)29(9)28(8)35-18-15-17-24(4)27(35)7/h12,14-16,18-20,24,28,30,32-34,36,39-40H,3,6,11,13,17,21-23H2,1-2,4-5,7-10H3/b16-12-,38-29+/t24-,28?,30-,32?,33+,34?,36?/m1/s1. The van der Waals surface area contributed by atoms with Crippen molar-refractivity contribution in [2.24, 2.45) is 35.5 Å². The van der Waals surface area contributed by atoms with Gasteiger partial charge >= 0.3 is 0 Å². The van der Waals surface area contributed by atoms with E-state index in [-0.39, 0.29) is 23.5 Å². The van der Waals surface area contributed by atoms with Crippen molar-refractivity contribution in [3.05, 3.63) is 107 Å². The van der Waals surface area contributed by atoms with E-state index in [0.29, 0.717) is 24.2 Å². The second kappa shape index (κ2) is 15.4. The van der Waals surface area contributed by atoms with Crippen molar-refractivity contribution < 1.29 is 10.2 Å². The molecule has 0 saturated carbocycles. The predicted molar refractivity (Wildman–Crippen MR) is 175 cm³/mol. The molecule has 0 bridgehead atoms. The van der Waals surface area contributed by atoms with Gasteiger partial charge < -0.3 is 10.2 Å². The average molecular weight is 545 g/mol. The monoisotopic (exact) mass is 544 g/mol. The number of rotatable bonds is 14. The molecule has 0 heterocycles. The minimum atomic E-state index is -0.504. The Morgan fingerprint density at radius 2 is 1.80 bits per heavy atom. The zero-order valence-electron chi connectivity index (χ0n) is 26.6. The van der Waals surface area contributed by atoms with Gasteiger partial charge in [-0.25, -0.2) is 0 Å². The van der Waals surface area contributed by atoms with E-state index in [9.17, 15) is 10.2 Å². The van der Waals surface area contributed by atoms with Crippen LogP contribution in [-0.4, -0.2) is 16.3 Å². The van der Waals surface area contributed by atoms with Gasteiger partial charge in [0, 0.05) is 17.8 Å². The molecule has 0 fully saturated rings. The lowest BCUT2D eigenvalue weighted by atomic mass is 9.73. The van der Waals surface area contributed by atoms with Gasteiger partial charge in [-0.1, -0.05) is 93.2 Å². The zero-order valence-corrected chi connectivity index (χ0v) is 26.6. The highest BCUT2D eigenvalue weighted by Crippen LogP contribution is 2.42. The van der Waals surface area contributed by atoms with Gasteiger partial charge in [0.05, 0.1) is 11.9 Å². The van der Waals surface area contributed by atoms with Crippen LogP contribution in [0.3, 0.4) is 0 Å². The van der Waals surface area contributed by atoms with Crippen LogP contribution in [0.15, 0.2) is 107 Å². The summed E-state index contributed by atoms with van der Waals surface area (Å²) in [5, 5.41) is 21.4. The van der Waals surface area contributed by atoms with E-state index in [0.717, 1.165) is 31.3 Å². The van der Waals surface area contributed by atoms with Crippen LogP contribution in [0.1, 0.15) is 87.5 Å². The Labute approximate surface area is 246 Å². The fraction of sp³-hybridized carbons (Fsp3) is 0.526. The normalized spacial score (nSPS) is 24.0. The number of hydrogen-bond donors (Lipinski definition) is 2. The second-order valence-corrected chi connectivity index (χ2v) is 12.3. The van der Waals surface area contributed by atoms with Gasteiger partial charge in [-0.2, -0.15) is 0 Å². The summed E-state index contributed by atoms with van der Waals surface area (Å²) >= 11 is 0. The summed E-state index contributed by atoms with van der Waals surface area (Å²) < 4.78 is 0. The van der Waals surface area contributed by atoms with Crippen LogP contribution in [-0.2, 0) is 0 Å². The van der Waals surface area contributed by atoms with Crippen LogP contribution in [0.2, 0.25) is 0 Å². The maximum Gasteiger partial charge on any atom is 0.0928 e. The van der Waals surface area contributed by atoms with Gasteiger partial charge in [0.2, 0.25) is 0 Å². The van der Waals surface area contributed by atoms with Crippen LogP contribution in [0.5, 0.6) is 0 Å². The molecule has 40 heavy (non-hydrogen) atoms. The molecule has 2 heteroatoms. The summed E-state index contributed by atoms with van der Waals surface area (Å²) in [6.45, 7) is 29.9. The number of allylic oxidation sites excluding steroid dienone is 14. The fourth-order valence-corrected chi connectivity index (χ4v) is 6.37. The molecular weight excluding hydrogens is 488 g/mol. The largest absolute Gasteiger partial charge is 0.512 e. The third-order valence-corrected chi connectivity index (χ3v) is 9.59. The molecule has 2 N–H and O–H groups in total. The Hall–Kier alpha value is -2.58. The molecule has 2 aliphatic rings. The Balaban J connectivity index is 2.57. The van der Waals surface area contributed by atoms with Crippen molar-refractivity contribution >= 4 is 0 Å². The number of hydrogen-bond acceptors (Lipinski definition) is 2. The zero-order chi connectivity index (χ0) is 30.1. The maximum atomic E-state index is 11.1. The Kier molecular flexibility index (Phi) is 13.0. The Bertz CT molecular complexity index is 1120. The van der Waals surface area contributed by atoms with Crippen molar-refractivity contribution in [3.63, 3.8) is 0 Å². The first-order valence-corrected chi connectivity index (χ1v) is 15.3. The first-order valence-electron chi connectivity index (χ1n) is 15.3. The summed E-state index contributed by atoms with van der Waals surface area (Å²) in [6, 6.07) is 0. The molecule has 0 saturated heterocycles. The Morgan fingerprint density at radius 1 is 1.12 bits per heavy atom. The topological polar surface area (TPSA) is 40.5 Å². The molecule has 7 atom stereocenters. The summed E-state index contributed by atoms with van der Waals surface area (Å²) in [6.07, 6.45) is 19.3.